The first-order valence-corrected chi connectivity index (χ1v) is 11.1. The van der Waals surface area contributed by atoms with Crippen molar-refractivity contribution in [2.45, 2.75) is 51.0 Å². The molecule has 1 aromatic rings. The van der Waals surface area contributed by atoms with Crippen molar-refractivity contribution in [2.24, 2.45) is 18.9 Å². The molecule has 8 heteroatoms. The quantitative estimate of drug-likeness (QED) is 0.795. The Bertz CT molecular complexity index is 723. The van der Waals surface area contributed by atoms with E-state index in [1.54, 1.807) is 24.7 Å². The molecule has 0 saturated carbocycles. The summed E-state index contributed by atoms with van der Waals surface area (Å²) in [4.78, 5) is 18.9. The number of rotatable bonds is 4. The van der Waals surface area contributed by atoms with Crippen molar-refractivity contribution in [3.05, 3.63) is 12.0 Å². The molecule has 3 rings (SSSR count). The average molecular weight is 383 g/mol. The Hall–Kier alpha value is -1.41. The third kappa shape index (κ3) is 3.81. The highest BCUT2D eigenvalue weighted by atomic mass is 32.2. The maximum absolute atomic E-state index is 12.8. The Balaban J connectivity index is 1.58. The number of hydrogen-bond donors (Lipinski definition) is 0. The first kappa shape index (κ1) is 19.4. The molecule has 0 radical (unpaired) electrons. The largest absolute Gasteiger partial charge is 0.342 e. The van der Waals surface area contributed by atoms with Crippen LogP contribution in [0.25, 0.3) is 0 Å². The van der Waals surface area contributed by atoms with Crippen LogP contribution < -0.4 is 0 Å². The molecule has 2 saturated heterocycles. The highest BCUT2D eigenvalue weighted by molar-refractivity contribution is 7.89. The van der Waals surface area contributed by atoms with E-state index < -0.39 is 10.0 Å². The van der Waals surface area contributed by atoms with Gasteiger partial charge in [-0.15, -0.1) is 0 Å². The van der Waals surface area contributed by atoms with Gasteiger partial charge in [0, 0.05) is 45.3 Å². The monoisotopic (exact) mass is 382 g/mol. The van der Waals surface area contributed by atoms with E-state index in [4.69, 9.17) is 0 Å². The fourth-order valence-electron chi connectivity index (χ4n) is 3.95. The first-order chi connectivity index (χ1) is 12.3. The second-order valence-electron chi connectivity index (χ2n) is 7.59. The van der Waals surface area contributed by atoms with Crippen LogP contribution in [0.2, 0.25) is 0 Å². The van der Waals surface area contributed by atoms with E-state index in [1.165, 1.54) is 10.7 Å². The van der Waals surface area contributed by atoms with Crippen molar-refractivity contribution in [1.82, 2.24) is 18.8 Å². The molecule has 1 aromatic heterocycles. The Kier molecular flexibility index (Phi) is 5.72. The summed E-state index contributed by atoms with van der Waals surface area (Å²) in [6.07, 6.45) is 6.11. The minimum absolute atomic E-state index is 0.0508. The molecule has 0 spiro atoms. The summed E-state index contributed by atoms with van der Waals surface area (Å²) in [5.41, 5.74) is 0. The smallest absolute Gasteiger partial charge is 0.262 e. The van der Waals surface area contributed by atoms with Gasteiger partial charge in [-0.3, -0.25) is 4.79 Å². The van der Waals surface area contributed by atoms with Gasteiger partial charge in [-0.1, -0.05) is 13.3 Å². The summed E-state index contributed by atoms with van der Waals surface area (Å²) in [5.74, 6) is 1.58. The van der Waals surface area contributed by atoms with E-state index in [2.05, 4.69) is 11.9 Å². The molecule has 26 heavy (non-hydrogen) atoms. The molecule has 0 aliphatic carbocycles. The molecule has 0 atom stereocenters. The van der Waals surface area contributed by atoms with Gasteiger partial charge in [-0.05, 0) is 38.5 Å². The number of nitrogens with zero attached hydrogens (tertiary/aromatic N) is 4. The van der Waals surface area contributed by atoms with Gasteiger partial charge in [0.15, 0.2) is 5.03 Å². The fraction of sp³-hybridized carbons (Fsp3) is 0.778. The zero-order valence-corrected chi connectivity index (χ0v) is 16.8. The summed E-state index contributed by atoms with van der Waals surface area (Å²) < 4.78 is 28.7. The van der Waals surface area contributed by atoms with Crippen LogP contribution in [0.3, 0.4) is 0 Å². The van der Waals surface area contributed by atoms with Crippen LogP contribution in [0, 0.1) is 18.8 Å². The molecule has 0 unspecified atom stereocenters. The molecule has 7 nitrogen and oxygen atoms in total. The summed E-state index contributed by atoms with van der Waals surface area (Å²) in [7, 11) is -1.79. The molecule has 3 heterocycles. The van der Waals surface area contributed by atoms with Crippen molar-refractivity contribution in [3.63, 3.8) is 0 Å². The Morgan fingerprint density at radius 3 is 2.27 bits per heavy atom. The van der Waals surface area contributed by atoms with E-state index in [9.17, 15) is 13.2 Å². The number of aryl methyl sites for hydroxylation is 2. The lowest BCUT2D eigenvalue weighted by Gasteiger charge is -2.36. The van der Waals surface area contributed by atoms with Crippen LogP contribution in [0.4, 0.5) is 0 Å². The topological polar surface area (TPSA) is 75.5 Å². The van der Waals surface area contributed by atoms with E-state index in [-0.39, 0.29) is 16.9 Å². The number of carbonyl (C=O) groups excluding carboxylic acids is 1. The van der Waals surface area contributed by atoms with Crippen LogP contribution >= 0.6 is 0 Å². The van der Waals surface area contributed by atoms with E-state index >= 15 is 0 Å². The Morgan fingerprint density at radius 2 is 1.77 bits per heavy atom. The van der Waals surface area contributed by atoms with Crippen LogP contribution in [-0.4, -0.2) is 59.3 Å². The van der Waals surface area contributed by atoms with Crippen LogP contribution in [0.5, 0.6) is 0 Å². The summed E-state index contributed by atoms with van der Waals surface area (Å²) >= 11 is 0. The minimum Gasteiger partial charge on any atom is -0.342 e. The molecular weight excluding hydrogens is 352 g/mol. The number of likely N-dealkylation sites (tertiary alicyclic amines) is 1. The molecule has 0 aromatic carbocycles. The lowest BCUT2D eigenvalue weighted by molar-refractivity contribution is -0.138. The van der Waals surface area contributed by atoms with Crippen LogP contribution in [0.1, 0.15) is 44.9 Å². The zero-order valence-electron chi connectivity index (χ0n) is 16.0. The van der Waals surface area contributed by atoms with Crippen molar-refractivity contribution in [3.8, 4) is 0 Å². The number of imidazole rings is 1. The first-order valence-electron chi connectivity index (χ1n) is 9.61. The normalized spacial score (nSPS) is 21.3. The zero-order chi connectivity index (χ0) is 18.9. The summed E-state index contributed by atoms with van der Waals surface area (Å²) in [5, 5.41) is 0.101. The number of sulfonamides is 1. The lowest BCUT2D eigenvalue weighted by atomic mass is 9.91. The number of amides is 1. The molecular formula is C18H30N4O3S. The predicted octanol–water partition coefficient (Wildman–Crippen LogP) is 1.78. The second-order valence-corrected chi connectivity index (χ2v) is 9.48. The molecule has 2 fully saturated rings. The summed E-state index contributed by atoms with van der Waals surface area (Å²) in [6, 6.07) is 0. The van der Waals surface area contributed by atoms with E-state index in [0.717, 1.165) is 31.8 Å². The van der Waals surface area contributed by atoms with Gasteiger partial charge in [0.2, 0.25) is 5.91 Å². The number of carbonyl (C=O) groups is 1. The maximum Gasteiger partial charge on any atom is 0.262 e. The number of hydrogen-bond acceptors (Lipinski definition) is 4. The maximum atomic E-state index is 12.8. The average Bonchev–Trinajstić information content (AvgIpc) is 3.01. The van der Waals surface area contributed by atoms with Crippen molar-refractivity contribution in [1.29, 1.82) is 0 Å². The van der Waals surface area contributed by atoms with Gasteiger partial charge in [-0.2, -0.15) is 4.31 Å². The van der Waals surface area contributed by atoms with Gasteiger partial charge in [0.05, 0.1) is 0 Å². The number of aromatic nitrogens is 2. The van der Waals surface area contributed by atoms with Gasteiger partial charge >= 0.3 is 0 Å². The van der Waals surface area contributed by atoms with Crippen LogP contribution in [0.15, 0.2) is 11.2 Å². The molecule has 0 bridgehead atoms. The van der Waals surface area contributed by atoms with Crippen molar-refractivity contribution in [2.75, 3.05) is 26.2 Å². The Morgan fingerprint density at radius 1 is 1.15 bits per heavy atom. The van der Waals surface area contributed by atoms with Crippen LogP contribution in [-0.2, 0) is 21.9 Å². The molecule has 2 aliphatic rings. The van der Waals surface area contributed by atoms with Crippen molar-refractivity contribution >= 4 is 15.9 Å². The van der Waals surface area contributed by atoms with E-state index in [0.29, 0.717) is 31.8 Å². The third-order valence-corrected chi connectivity index (χ3v) is 7.77. The lowest BCUT2D eigenvalue weighted by Crippen LogP contribution is -2.46. The van der Waals surface area contributed by atoms with Crippen molar-refractivity contribution < 1.29 is 13.2 Å². The SMILES string of the molecule is CCC1CCN(C(=O)C2CCN(S(=O)(=O)c3cn(C)c(C)n3)CC2)CC1. The number of piperidine rings is 2. The Labute approximate surface area is 156 Å². The summed E-state index contributed by atoms with van der Waals surface area (Å²) in [6.45, 7) is 6.47. The molecule has 2 aliphatic heterocycles. The third-order valence-electron chi connectivity index (χ3n) is 6.00. The van der Waals surface area contributed by atoms with E-state index in [1.807, 2.05) is 4.90 Å². The predicted molar refractivity (Wildman–Crippen MR) is 99.0 cm³/mol. The van der Waals surface area contributed by atoms with Gasteiger partial charge < -0.3 is 9.47 Å². The molecule has 1 amide bonds. The standard InChI is InChI=1S/C18H30N4O3S/c1-4-15-5-9-21(10-6-15)18(23)16-7-11-22(12-8-16)26(24,25)17-13-20(3)14(2)19-17/h13,15-16H,4-12H2,1-3H3. The minimum atomic E-state index is -3.57. The van der Waals surface area contributed by atoms with Gasteiger partial charge in [0.25, 0.3) is 10.0 Å². The second kappa shape index (κ2) is 7.68. The fourth-order valence-corrected chi connectivity index (χ4v) is 5.44. The van der Waals surface area contributed by atoms with Gasteiger partial charge in [-0.25, -0.2) is 13.4 Å². The molecule has 0 N–H and O–H groups in total. The molecule has 146 valence electrons. The van der Waals surface area contributed by atoms with Gasteiger partial charge in [0.1, 0.15) is 5.82 Å². The highest BCUT2D eigenvalue weighted by Gasteiger charge is 2.35. The highest BCUT2D eigenvalue weighted by Crippen LogP contribution is 2.27.